The maximum atomic E-state index is 12.0. The van der Waals surface area contributed by atoms with Crippen molar-refractivity contribution >= 4 is 23.5 Å². The quantitative estimate of drug-likeness (QED) is 0.385. The smallest absolute Gasteiger partial charge is 0.325 e. The van der Waals surface area contributed by atoms with Crippen LogP contribution in [0.1, 0.15) is 36.7 Å². The molecule has 0 aliphatic carbocycles. The van der Waals surface area contributed by atoms with Gasteiger partial charge in [-0.1, -0.05) is 13.8 Å². The molecule has 0 aliphatic heterocycles. The van der Waals surface area contributed by atoms with Gasteiger partial charge < -0.3 is 15.4 Å². The lowest BCUT2D eigenvalue weighted by atomic mass is 9.90. The minimum Gasteiger partial charge on any atom is -0.454 e. The summed E-state index contributed by atoms with van der Waals surface area (Å²) in [6, 6.07) is 5.81. The SMILES string of the molecule is Cc1cc(C(=O)NCC(=O)OCC(=O)N[C@](C)(C#N)C(C)C)ccc1[N+](=O)[O-]. The molecular weight excluding hydrogens is 368 g/mol. The number of ether oxygens (including phenoxy) is 1. The Bertz CT molecular complexity index is 830. The molecule has 0 radical (unpaired) electrons. The van der Waals surface area contributed by atoms with Crippen molar-refractivity contribution in [1.29, 1.82) is 5.26 Å². The third-order valence-electron chi connectivity index (χ3n) is 4.20. The molecule has 0 heterocycles. The minimum atomic E-state index is -1.09. The molecule has 0 saturated heterocycles. The van der Waals surface area contributed by atoms with Crippen molar-refractivity contribution in [2.45, 2.75) is 33.2 Å². The summed E-state index contributed by atoms with van der Waals surface area (Å²) >= 11 is 0. The summed E-state index contributed by atoms with van der Waals surface area (Å²) in [6.07, 6.45) is 0. The van der Waals surface area contributed by atoms with Crippen LogP contribution in [-0.4, -0.2) is 41.4 Å². The highest BCUT2D eigenvalue weighted by molar-refractivity contribution is 5.96. The topological polar surface area (TPSA) is 151 Å². The molecule has 28 heavy (non-hydrogen) atoms. The summed E-state index contributed by atoms with van der Waals surface area (Å²) in [5, 5.41) is 24.7. The maximum absolute atomic E-state index is 12.0. The van der Waals surface area contributed by atoms with Gasteiger partial charge >= 0.3 is 5.97 Å². The van der Waals surface area contributed by atoms with Gasteiger partial charge in [-0.05, 0) is 31.9 Å². The van der Waals surface area contributed by atoms with Gasteiger partial charge in [0.05, 0.1) is 11.0 Å². The van der Waals surface area contributed by atoms with E-state index >= 15 is 0 Å². The predicted molar refractivity (Wildman–Crippen MR) is 98.1 cm³/mol. The van der Waals surface area contributed by atoms with Crippen molar-refractivity contribution in [3.63, 3.8) is 0 Å². The molecule has 0 fully saturated rings. The molecular formula is C18H22N4O6. The number of benzene rings is 1. The van der Waals surface area contributed by atoms with Gasteiger partial charge in [-0.15, -0.1) is 0 Å². The van der Waals surface area contributed by atoms with E-state index in [0.717, 1.165) is 0 Å². The van der Waals surface area contributed by atoms with Gasteiger partial charge in [0.15, 0.2) is 6.61 Å². The number of carbonyl (C=O) groups excluding carboxylic acids is 3. The highest BCUT2D eigenvalue weighted by atomic mass is 16.6. The molecule has 1 aromatic carbocycles. The van der Waals surface area contributed by atoms with Crippen molar-refractivity contribution in [2.24, 2.45) is 5.92 Å². The molecule has 0 spiro atoms. The van der Waals surface area contributed by atoms with Crippen LogP contribution in [0.15, 0.2) is 18.2 Å². The zero-order valence-corrected chi connectivity index (χ0v) is 16.1. The second-order valence-electron chi connectivity index (χ2n) is 6.62. The van der Waals surface area contributed by atoms with Crippen LogP contribution in [0.5, 0.6) is 0 Å². The number of hydrogen-bond acceptors (Lipinski definition) is 7. The molecule has 0 bridgehead atoms. The fourth-order valence-corrected chi connectivity index (χ4v) is 2.08. The number of aryl methyl sites for hydroxylation is 1. The van der Waals surface area contributed by atoms with E-state index in [1.165, 1.54) is 25.1 Å². The lowest BCUT2D eigenvalue weighted by Gasteiger charge is -2.27. The Labute approximate surface area is 162 Å². The van der Waals surface area contributed by atoms with E-state index in [2.05, 4.69) is 10.6 Å². The van der Waals surface area contributed by atoms with Crippen molar-refractivity contribution in [1.82, 2.24) is 10.6 Å². The number of hydrogen-bond donors (Lipinski definition) is 2. The number of nitro benzene ring substituents is 1. The standard InChI is InChI=1S/C18H22N4O6/c1-11(2)18(4,10-19)21-15(23)9-28-16(24)8-20-17(25)13-5-6-14(22(26)27)12(3)7-13/h5-7,11H,8-9H2,1-4H3,(H,20,25)(H,21,23)/t18-/m1/s1. The first-order valence-corrected chi connectivity index (χ1v) is 8.41. The third kappa shape index (κ3) is 6.05. The van der Waals surface area contributed by atoms with Crippen molar-refractivity contribution in [2.75, 3.05) is 13.2 Å². The molecule has 1 aromatic rings. The number of carbonyl (C=O) groups is 3. The average molecular weight is 390 g/mol. The van der Waals surface area contributed by atoms with Crippen LogP contribution < -0.4 is 10.6 Å². The Morgan fingerprint density at radius 3 is 2.50 bits per heavy atom. The largest absolute Gasteiger partial charge is 0.454 e. The Morgan fingerprint density at radius 1 is 1.36 bits per heavy atom. The second-order valence-corrected chi connectivity index (χ2v) is 6.62. The van der Waals surface area contributed by atoms with Crippen molar-refractivity contribution < 1.29 is 24.0 Å². The molecule has 0 aliphatic rings. The second kappa shape index (κ2) is 9.45. The molecule has 10 nitrogen and oxygen atoms in total. The van der Waals surface area contributed by atoms with Gasteiger partial charge in [-0.25, -0.2) is 0 Å². The average Bonchev–Trinajstić information content (AvgIpc) is 2.63. The van der Waals surface area contributed by atoms with Crippen molar-refractivity contribution in [3.05, 3.63) is 39.4 Å². The Balaban J connectivity index is 2.51. The van der Waals surface area contributed by atoms with E-state index < -0.39 is 41.4 Å². The number of nitrogens with one attached hydrogen (secondary N) is 2. The fraction of sp³-hybridized carbons (Fsp3) is 0.444. The maximum Gasteiger partial charge on any atom is 0.325 e. The molecule has 2 amide bonds. The Morgan fingerprint density at radius 2 is 2.00 bits per heavy atom. The van der Waals surface area contributed by atoms with Crippen LogP contribution in [0.25, 0.3) is 0 Å². The molecule has 10 heteroatoms. The number of nitro groups is 1. The third-order valence-corrected chi connectivity index (χ3v) is 4.20. The van der Waals surface area contributed by atoms with Gasteiger partial charge in [-0.3, -0.25) is 24.5 Å². The van der Waals surface area contributed by atoms with Crippen LogP contribution in [-0.2, 0) is 14.3 Å². The van der Waals surface area contributed by atoms with Crippen LogP contribution in [0.3, 0.4) is 0 Å². The molecule has 1 atom stereocenters. The van der Waals surface area contributed by atoms with E-state index in [-0.39, 0.29) is 17.2 Å². The molecule has 2 N–H and O–H groups in total. The van der Waals surface area contributed by atoms with E-state index in [0.29, 0.717) is 5.56 Å². The number of nitrogens with zero attached hydrogens (tertiary/aromatic N) is 2. The van der Waals surface area contributed by atoms with E-state index in [1.807, 2.05) is 6.07 Å². The number of amides is 2. The van der Waals surface area contributed by atoms with Crippen molar-refractivity contribution in [3.8, 4) is 6.07 Å². The first-order valence-electron chi connectivity index (χ1n) is 8.41. The Kier molecular flexibility index (Phi) is 7.62. The summed E-state index contributed by atoms with van der Waals surface area (Å²) in [4.78, 5) is 45.8. The van der Waals surface area contributed by atoms with Gasteiger partial charge in [0.25, 0.3) is 17.5 Å². The minimum absolute atomic E-state index is 0.118. The zero-order valence-electron chi connectivity index (χ0n) is 16.1. The van der Waals surface area contributed by atoms with Gasteiger partial charge in [-0.2, -0.15) is 5.26 Å². The van der Waals surface area contributed by atoms with E-state index in [9.17, 15) is 24.5 Å². The van der Waals surface area contributed by atoms with E-state index in [1.54, 1.807) is 20.8 Å². The van der Waals surface area contributed by atoms with E-state index in [4.69, 9.17) is 10.00 Å². The summed E-state index contributed by atoms with van der Waals surface area (Å²) in [5.41, 5.74) is -0.753. The van der Waals surface area contributed by atoms with Crippen LogP contribution in [0.4, 0.5) is 5.69 Å². The van der Waals surface area contributed by atoms with Gasteiger partial charge in [0.2, 0.25) is 0 Å². The van der Waals surface area contributed by atoms with Crippen LogP contribution in [0.2, 0.25) is 0 Å². The Hall–Kier alpha value is -3.48. The lowest BCUT2D eigenvalue weighted by molar-refractivity contribution is -0.385. The molecule has 0 unspecified atom stereocenters. The summed E-state index contributed by atoms with van der Waals surface area (Å²) < 4.78 is 4.77. The van der Waals surface area contributed by atoms with Crippen LogP contribution >= 0.6 is 0 Å². The molecule has 1 rings (SSSR count). The number of nitriles is 1. The molecule has 150 valence electrons. The summed E-state index contributed by atoms with van der Waals surface area (Å²) in [7, 11) is 0. The number of esters is 1. The normalized spacial score (nSPS) is 12.4. The number of rotatable bonds is 8. The highest BCUT2D eigenvalue weighted by Gasteiger charge is 2.30. The molecule has 0 saturated carbocycles. The summed E-state index contributed by atoms with van der Waals surface area (Å²) in [5.74, 6) is -2.24. The first-order chi connectivity index (χ1) is 13.0. The van der Waals surface area contributed by atoms with Gasteiger partial charge in [0.1, 0.15) is 12.1 Å². The molecule has 0 aromatic heterocycles. The highest BCUT2D eigenvalue weighted by Crippen LogP contribution is 2.18. The predicted octanol–water partition coefficient (Wildman–Crippen LogP) is 1.23. The lowest BCUT2D eigenvalue weighted by Crippen LogP contribution is -2.50. The van der Waals surface area contributed by atoms with Gasteiger partial charge in [0, 0.05) is 17.2 Å². The summed E-state index contributed by atoms with van der Waals surface area (Å²) in [6.45, 7) is 5.52. The monoisotopic (exact) mass is 390 g/mol. The zero-order chi connectivity index (χ0) is 21.5. The van der Waals surface area contributed by atoms with Crippen LogP contribution in [0, 0.1) is 34.3 Å². The first kappa shape index (κ1) is 22.6. The fourth-order valence-electron chi connectivity index (χ4n) is 2.08.